The van der Waals surface area contributed by atoms with Crippen molar-refractivity contribution in [3.05, 3.63) is 59.7 Å². The van der Waals surface area contributed by atoms with Crippen molar-refractivity contribution in [2.75, 3.05) is 51.5 Å². The Kier molecular flexibility index (Phi) is 4.77. The number of ether oxygens (including phenoxy) is 6. The molecule has 0 unspecified atom stereocenters. The number of hydrogen-bond donors (Lipinski definition) is 2. The van der Waals surface area contributed by atoms with Crippen molar-refractivity contribution in [2.45, 2.75) is 12.8 Å². The first-order valence-electron chi connectivity index (χ1n) is 15.0. The van der Waals surface area contributed by atoms with E-state index in [1.165, 1.54) is 11.1 Å². The standard InChI is InChI=1S/C36H28N2O6/c1-39-21-7-3-5-19-27(21)31(33-25-17(9-11-37-33)13-23-35(29(19)25)43-15-41-23)32-28-20(6-4-8-22(28)40-2)30-26-18(10-12-38-34(26)32)14-24-36(30)44-16-42-24/h3-8,13-14,37-38H,9-12,15-16H2,1-2H3. The van der Waals surface area contributed by atoms with E-state index in [2.05, 4.69) is 47.0 Å². The van der Waals surface area contributed by atoms with Gasteiger partial charge in [-0.1, -0.05) is 24.3 Å². The zero-order valence-corrected chi connectivity index (χ0v) is 24.3. The molecule has 8 nitrogen and oxygen atoms in total. The quantitative estimate of drug-likeness (QED) is 0.209. The molecule has 6 aromatic carbocycles. The Balaban J connectivity index is 1.50. The van der Waals surface area contributed by atoms with Gasteiger partial charge >= 0.3 is 0 Å². The predicted octanol–water partition coefficient (Wildman–Crippen LogP) is 7.38. The molecule has 0 saturated heterocycles. The van der Waals surface area contributed by atoms with Gasteiger partial charge in [0.25, 0.3) is 0 Å². The first-order chi connectivity index (χ1) is 21.8. The molecular formula is C36H28N2O6. The number of benzene rings is 6. The summed E-state index contributed by atoms with van der Waals surface area (Å²) in [6, 6.07) is 16.8. The molecule has 0 atom stereocenters. The molecule has 6 aromatic rings. The molecule has 0 radical (unpaired) electrons. The second-order valence-corrected chi connectivity index (χ2v) is 11.7. The van der Waals surface area contributed by atoms with E-state index in [1.54, 1.807) is 14.2 Å². The lowest BCUT2D eigenvalue weighted by Crippen LogP contribution is -2.16. The summed E-state index contributed by atoms with van der Waals surface area (Å²) in [5.74, 6) is 4.75. The van der Waals surface area contributed by atoms with Gasteiger partial charge in [0.15, 0.2) is 23.0 Å². The molecule has 10 rings (SSSR count). The van der Waals surface area contributed by atoms with Gasteiger partial charge in [-0.25, -0.2) is 0 Å². The monoisotopic (exact) mass is 584 g/mol. The van der Waals surface area contributed by atoms with Gasteiger partial charge in [-0.2, -0.15) is 0 Å². The van der Waals surface area contributed by atoms with Crippen molar-refractivity contribution < 1.29 is 28.4 Å². The van der Waals surface area contributed by atoms with E-state index in [4.69, 9.17) is 28.4 Å². The van der Waals surface area contributed by atoms with E-state index in [-0.39, 0.29) is 13.6 Å². The predicted molar refractivity (Wildman–Crippen MR) is 172 cm³/mol. The highest BCUT2D eigenvalue weighted by Gasteiger charge is 2.34. The van der Waals surface area contributed by atoms with E-state index in [0.29, 0.717) is 0 Å². The zero-order valence-electron chi connectivity index (χ0n) is 24.3. The van der Waals surface area contributed by atoms with Crippen molar-refractivity contribution in [1.82, 2.24) is 0 Å². The second-order valence-electron chi connectivity index (χ2n) is 11.7. The highest BCUT2D eigenvalue weighted by molar-refractivity contribution is 6.33. The van der Waals surface area contributed by atoms with Crippen LogP contribution in [0.5, 0.6) is 34.5 Å². The first kappa shape index (κ1) is 24.2. The SMILES string of the molecule is COc1cccc2c1c(-c1c3c4c(cc5c(c4c4cccc(OC)c14)OCO5)CCN3)c1c3c(cc4c(c32)OCO4)CCN1. The van der Waals surface area contributed by atoms with E-state index in [9.17, 15) is 0 Å². The lowest BCUT2D eigenvalue weighted by molar-refractivity contribution is 0.174. The summed E-state index contributed by atoms with van der Waals surface area (Å²) in [5.41, 5.74) is 6.77. The average Bonchev–Trinajstić information content (AvgIpc) is 3.74. The van der Waals surface area contributed by atoms with Crippen LogP contribution in [0.1, 0.15) is 11.1 Å². The fraction of sp³-hybridized carbons (Fsp3) is 0.222. The lowest BCUT2D eigenvalue weighted by atomic mass is 9.81. The summed E-state index contributed by atoms with van der Waals surface area (Å²) in [6.45, 7) is 2.02. The minimum Gasteiger partial charge on any atom is -0.496 e. The fourth-order valence-corrected chi connectivity index (χ4v) is 8.00. The summed E-state index contributed by atoms with van der Waals surface area (Å²) in [7, 11) is 3.48. The average molecular weight is 585 g/mol. The van der Waals surface area contributed by atoms with Gasteiger partial charge in [0.1, 0.15) is 11.5 Å². The van der Waals surface area contributed by atoms with Gasteiger partial charge in [0.05, 0.1) is 25.6 Å². The van der Waals surface area contributed by atoms with Crippen molar-refractivity contribution in [3.63, 3.8) is 0 Å². The molecule has 4 aliphatic rings. The van der Waals surface area contributed by atoms with Crippen molar-refractivity contribution >= 4 is 54.5 Å². The molecule has 0 aromatic heterocycles. The van der Waals surface area contributed by atoms with Crippen LogP contribution in [0, 0.1) is 0 Å². The number of anilines is 2. The van der Waals surface area contributed by atoms with Crippen LogP contribution in [0.4, 0.5) is 11.4 Å². The molecule has 2 N–H and O–H groups in total. The second kappa shape index (κ2) is 8.66. The number of rotatable bonds is 3. The maximum absolute atomic E-state index is 6.15. The van der Waals surface area contributed by atoms with Gasteiger partial charge in [0, 0.05) is 56.5 Å². The molecule has 218 valence electrons. The molecule has 0 bridgehead atoms. The van der Waals surface area contributed by atoms with Gasteiger partial charge < -0.3 is 39.1 Å². The molecule has 44 heavy (non-hydrogen) atoms. The van der Waals surface area contributed by atoms with Crippen molar-refractivity contribution in [3.8, 4) is 45.6 Å². The third-order valence-electron chi connectivity index (χ3n) is 9.66. The van der Waals surface area contributed by atoms with Gasteiger partial charge in [-0.3, -0.25) is 0 Å². The Labute approximate surface area is 252 Å². The molecule has 0 fully saturated rings. The first-order valence-corrected chi connectivity index (χ1v) is 15.0. The molecule has 0 aliphatic carbocycles. The van der Waals surface area contributed by atoms with Crippen LogP contribution in [0.3, 0.4) is 0 Å². The number of methoxy groups -OCH3 is 2. The Morgan fingerprint density at radius 3 is 1.50 bits per heavy atom. The van der Waals surface area contributed by atoms with Crippen molar-refractivity contribution in [1.29, 1.82) is 0 Å². The van der Waals surface area contributed by atoms with Crippen LogP contribution < -0.4 is 39.1 Å². The molecule has 8 heteroatoms. The van der Waals surface area contributed by atoms with E-state index < -0.39 is 0 Å². The summed E-state index contributed by atoms with van der Waals surface area (Å²) in [6.07, 6.45) is 1.77. The number of nitrogens with one attached hydrogen (secondary N) is 2. The van der Waals surface area contributed by atoms with Crippen LogP contribution in [0.15, 0.2) is 48.5 Å². The number of hydrogen-bond acceptors (Lipinski definition) is 8. The van der Waals surface area contributed by atoms with Crippen LogP contribution in [0.25, 0.3) is 54.2 Å². The van der Waals surface area contributed by atoms with E-state index >= 15 is 0 Å². The Bertz CT molecular complexity index is 2120. The van der Waals surface area contributed by atoms with Crippen LogP contribution in [-0.2, 0) is 12.8 Å². The van der Waals surface area contributed by atoms with Crippen LogP contribution in [-0.4, -0.2) is 40.9 Å². The van der Waals surface area contributed by atoms with Gasteiger partial charge in [-0.05, 0) is 59.0 Å². The van der Waals surface area contributed by atoms with E-state index in [1.807, 2.05) is 12.1 Å². The topological polar surface area (TPSA) is 79.4 Å². The molecular weight excluding hydrogens is 556 g/mol. The Hall–Kier alpha value is -5.24. The van der Waals surface area contributed by atoms with Crippen LogP contribution in [0.2, 0.25) is 0 Å². The summed E-state index contributed by atoms with van der Waals surface area (Å²) < 4.78 is 36.5. The maximum Gasteiger partial charge on any atom is 0.231 e. The van der Waals surface area contributed by atoms with Gasteiger partial charge in [0.2, 0.25) is 13.6 Å². The third kappa shape index (κ3) is 2.93. The maximum atomic E-state index is 6.15. The minimum absolute atomic E-state index is 0.212. The molecule has 4 heterocycles. The molecule has 0 spiro atoms. The third-order valence-corrected chi connectivity index (χ3v) is 9.66. The Morgan fingerprint density at radius 1 is 0.568 bits per heavy atom. The summed E-state index contributed by atoms with van der Waals surface area (Å²) in [4.78, 5) is 0. The van der Waals surface area contributed by atoms with Crippen molar-refractivity contribution in [2.24, 2.45) is 0 Å². The molecule has 0 amide bonds. The highest BCUT2D eigenvalue weighted by Crippen LogP contribution is 2.59. The lowest BCUT2D eigenvalue weighted by Gasteiger charge is -2.30. The Morgan fingerprint density at radius 2 is 1.05 bits per heavy atom. The van der Waals surface area contributed by atoms with Gasteiger partial charge in [-0.15, -0.1) is 0 Å². The fourth-order valence-electron chi connectivity index (χ4n) is 8.00. The van der Waals surface area contributed by atoms with E-state index in [0.717, 1.165) is 126 Å². The molecule has 4 aliphatic heterocycles. The van der Waals surface area contributed by atoms with Crippen LogP contribution >= 0.6 is 0 Å². The summed E-state index contributed by atoms with van der Waals surface area (Å²) in [5, 5.41) is 16.2. The number of fused-ring (bicyclic) bond motifs is 8. The minimum atomic E-state index is 0.212. The normalized spacial score (nSPS) is 15.6. The molecule has 0 saturated carbocycles. The largest absolute Gasteiger partial charge is 0.496 e. The highest BCUT2D eigenvalue weighted by atomic mass is 16.7. The smallest absolute Gasteiger partial charge is 0.231 e. The summed E-state index contributed by atoms with van der Waals surface area (Å²) >= 11 is 0. The zero-order chi connectivity index (χ0) is 29.1.